The molecule has 1 aromatic carbocycles. The summed E-state index contributed by atoms with van der Waals surface area (Å²) in [6.45, 7) is 5.91. The number of rotatable bonds is 3. The molecule has 0 bridgehead atoms. The van der Waals surface area contributed by atoms with Crippen LogP contribution in [-0.4, -0.2) is 29.1 Å². The van der Waals surface area contributed by atoms with Crippen LogP contribution in [0.4, 0.5) is 5.69 Å². The number of hydrogen-bond acceptors (Lipinski definition) is 3. The van der Waals surface area contributed by atoms with E-state index in [4.69, 9.17) is 5.73 Å². The number of carboxylic acid groups (broad SMARTS) is 1. The Labute approximate surface area is 124 Å². The van der Waals surface area contributed by atoms with Gasteiger partial charge in [0.15, 0.2) is 0 Å². The maximum atomic E-state index is 12.6. The van der Waals surface area contributed by atoms with Gasteiger partial charge in [0.2, 0.25) is 5.91 Å². The Morgan fingerprint density at radius 2 is 2.00 bits per heavy atom. The second-order valence-corrected chi connectivity index (χ2v) is 6.63. The van der Waals surface area contributed by atoms with E-state index in [1.807, 2.05) is 39.0 Å². The minimum Gasteiger partial charge on any atom is -0.480 e. The van der Waals surface area contributed by atoms with E-state index in [0.717, 1.165) is 5.56 Å². The van der Waals surface area contributed by atoms with E-state index in [1.165, 1.54) is 4.90 Å². The minimum absolute atomic E-state index is 0.140. The lowest BCUT2D eigenvalue weighted by Gasteiger charge is -2.30. The Kier molecular flexibility index (Phi) is 4.05. The zero-order valence-electron chi connectivity index (χ0n) is 12.7. The maximum Gasteiger partial charge on any atom is 0.327 e. The molecule has 0 spiro atoms. The molecule has 2 atom stereocenters. The number of benzene rings is 1. The lowest BCUT2D eigenvalue weighted by molar-refractivity contribution is -0.140. The molecular formula is C16H22N2O3. The van der Waals surface area contributed by atoms with E-state index in [2.05, 4.69) is 0 Å². The first-order chi connectivity index (χ1) is 9.71. The molecule has 3 N–H and O–H groups in total. The summed E-state index contributed by atoms with van der Waals surface area (Å²) < 4.78 is 0. The normalized spacial score (nSPS) is 19.2. The Morgan fingerprint density at radius 1 is 1.38 bits per heavy atom. The third kappa shape index (κ3) is 3.08. The monoisotopic (exact) mass is 290 g/mol. The summed E-state index contributed by atoms with van der Waals surface area (Å²) in [5.41, 5.74) is 7.45. The number of carbonyl (C=O) groups is 2. The predicted octanol–water partition coefficient (Wildman–Crippen LogP) is 1.79. The quantitative estimate of drug-likeness (QED) is 0.889. The molecule has 1 heterocycles. The van der Waals surface area contributed by atoms with Crippen molar-refractivity contribution >= 4 is 17.6 Å². The highest BCUT2D eigenvalue weighted by Crippen LogP contribution is 2.33. The molecule has 0 aliphatic carbocycles. The fraction of sp³-hybridized carbons (Fsp3) is 0.500. The van der Waals surface area contributed by atoms with E-state index in [-0.39, 0.29) is 23.8 Å². The summed E-state index contributed by atoms with van der Waals surface area (Å²) in [6.07, 6.45) is 0.490. The molecule has 0 saturated heterocycles. The summed E-state index contributed by atoms with van der Waals surface area (Å²) >= 11 is 0. The first kappa shape index (κ1) is 15.5. The van der Waals surface area contributed by atoms with Gasteiger partial charge in [-0.05, 0) is 17.0 Å². The molecule has 0 aromatic heterocycles. The van der Waals surface area contributed by atoms with Gasteiger partial charge in [0.25, 0.3) is 0 Å². The number of amides is 1. The molecule has 2 unspecified atom stereocenters. The summed E-state index contributed by atoms with van der Waals surface area (Å²) in [5, 5.41) is 9.37. The van der Waals surface area contributed by atoms with Gasteiger partial charge >= 0.3 is 5.97 Å². The zero-order valence-corrected chi connectivity index (χ0v) is 12.7. The van der Waals surface area contributed by atoms with Crippen molar-refractivity contribution in [2.45, 2.75) is 45.7 Å². The number of fused-ring (bicyclic) bond motifs is 1. The number of nitrogens with two attached hydrogens (primary N) is 1. The van der Waals surface area contributed by atoms with Gasteiger partial charge in [-0.3, -0.25) is 9.69 Å². The van der Waals surface area contributed by atoms with Crippen molar-refractivity contribution in [2.75, 3.05) is 4.90 Å². The van der Waals surface area contributed by atoms with Crippen LogP contribution in [0.5, 0.6) is 0 Å². The predicted molar refractivity (Wildman–Crippen MR) is 81.1 cm³/mol. The minimum atomic E-state index is -0.983. The molecule has 0 fully saturated rings. The van der Waals surface area contributed by atoms with Gasteiger partial charge in [-0.1, -0.05) is 39.0 Å². The second-order valence-electron chi connectivity index (χ2n) is 6.63. The van der Waals surface area contributed by atoms with E-state index in [0.29, 0.717) is 12.1 Å². The maximum absolute atomic E-state index is 12.6. The number of carboxylic acids is 1. The van der Waals surface area contributed by atoms with E-state index in [1.54, 1.807) is 6.07 Å². The highest BCUT2D eigenvalue weighted by atomic mass is 16.4. The van der Waals surface area contributed by atoms with Gasteiger partial charge in [-0.15, -0.1) is 0 Å². The van der Waals surface area contributed by atoms with Crippen LogP contribution in [0.15, 0.2) is 24.3 Å². The molecule has 1 aliphatic rings. The van der Waals surface area contributed by atoms with E-state index >= 15 is 0 Å². The van der Waals surface area contributed by atoms with Gasteiger partial charge in [-0.25, -0.2) is 4.79 Å². The molecule has 21 heavy (non-hydrogen) atoms. The highest BCUT2D eigenvalue weighted by Gasteiger charge is 2.39. The van der Waals surface area contributed by atoms with Gasteiger partial charge in [0.05, 0.1) is 0 Å². The van der Waals surface area contributed by atoms with Crippen LogP contribution >= 0.6 is 0 Å². The van der Waals surface area contributed by atoms with Gasteiger partial charge in [0, 0.05) is 24.6 Å². The Balaban J connectivity index is 2.27. The number of carbonyl (C=O) groups excluding carboxylic acids is 1. The van der Waals surface area contributed by atoms with Gasteiger partial charge in [-0.2, -0.15) is 0 Å². The van der Waals surface area contributed by atoms with Crippen LogP contribution < -0.4 is 10.6 Å². The summed E-state index contributed by atoms with van der Waals surface area (Å²) in [5.74, 6) is -1.21. The topological polar surface area (TPSA) is 83.6 Å². The number of hydrogen-bond donors (Lipinski definition) is 2. The molecule has 2 rings (SSSR count). The fourth-order valence-electron chi connectivity index (χ4n) is 2.48. The lowest BCUT2D eigenvalue weighted by Crippen LogP contribution is -2.47. The third-order valence-corrected chi connectivity index (χ3v) is 4.04. The van der Waals surface area contributed by atoms with Crippen LogP contribution in [0.3, 0.4) is 0 Å². The number of para-hydroxylation sites is 1. The Bertz CT molecular complexity index is 563. The molecule has 0 saturated carbocycles. The smallest absolute Gasteiger partial charge is 0.327 e. The van der Waals surface area contributed by atoms with Crippen molar-refractivity contribution in [3.05, 3.63) is 29.8 Å². The lowest BCUT2D eigenvalue weighted by atomic mass is 9.85. The van der Waals surface area contributed by atoms with Crippen LogP contribution in [0.25, 0.3) is 0 Å². The fourth-order valence-corrected chi connectivity index (χ4v) is 2.48. The van der Waals surface area contributed by atoms with Crippen LogP contribution in [-0.2, 0) is 16.0 Å². The number of aliphatic carboxylic acids is 1. The van der Waals surface area contributed by atoms with Crippen LogP contribution in [0, 0.1) is 5.41 Å². The zero-order chi connectivity index (χ0) is 15.8. The molecule has 1 aromatic rings. The SMILES string of the molecule is CC(C)(C)C(N)CC(=O)N1c2ccccc2CC1C(=O)O. The third-order valence-electron chi connectivity index (χ3n) is 4.04. The first-order valence-electron chi connectivity index (χ1n) is 7.10. The average molecular weight is 290 g/mol. The molecule has 5 nitrogen and oxygen atoms in total. The van der Waals surface area contributed by atoms with Crippen molar-refractivity contribution in [3.63, 3.8) is 0 Å². The molecule has 1 amide bonds. The summed E-state index contributed by atoms with van der Waals surface area (Å²) in [7, 11) is 0. The highest BCUT2D eigenvalue weighted by molar-refractivity contribution is 6.02. The van der Waals surface area contributed by atoms with E-state index in [9.17, 15) is 14.7 Å². The van der Waals surface area contributed by atoms with Crippen molar-refractivity contribution in [1.82, 2.24) is 0 Å². The van der Waals surface area contributed by atoms with Crippen molar-refractivity contribution < 1.29 is 14.7 Å². The first-order valence-corrected chi connectivity index (χ1v) is 7.10. The molecule has 1 aliphatic heterocycles. The Morgan fingerprint density at radius 3 is 2.57 bits per heavy atom. The van der Waals surface area contributed by atoms with Gasteiger partial charge < -0.3 is 10.8 Å². The summed E-state index contributed by atoms with van der Waals surface area (Å²) in [4.78, 5) is 25.4. The molecule has 5 heteroatoms. The Hall–Kier alpha value is -1.88. The molecular weight excluding hydrogens is 268 g/mol. The average Bonchev–Trinajstić information content (AvgIpc) is 2.76. The van der Waals surface area contributed by atoms with Crippen molar-refractivity contribution in [1.29, 1.82) is 0 Å². The number of nitrogens with zero attached hydrogens (tertiary/aromatic N) is 1. The molecule has 0 radical (unpaired) electrons. The van der Waals surface area contributed by atoms with Crippen LogP contribution in [0.1, 0.15) is 32.8 Å². The second kappa shape index (κ2) is 5.48. The van der Waals surface area contributed by atoms with Gasteiger partial charge in [0.1, 0.15) is 6.04 Å². The standard InChI is InChI=1S/C16H22N2O3/c1-16(2,3)13(17)9-14(19)18-11-7-5-4-6-10(11)8-12(18)15(20)21/h4-7,12-13H,8-9,17H2,1-3H3,(H,20,21). The largest absolute Gasteiger partial charge is 0.480 e. The summed E-state index contributed by atoms with van der Waals surface area (Å²) in [6, 6.07) is 6.18. The number of anilines is 1. The van der Waals surface area contributed by atoms with Crippen molar-refractivity contribution in [3.8, 4) is 0 Å². The van der Waals surface area contributed by atoms with Crippen LogP contribution in [0.2, 0.25) is 0 Å². The van der Waals surface area contributed by atoms with E-state index < -0.39 is 12.0 Å². The molecule has 114 valence electrons. The van der Waals surface area contributed by atoms with Crippen molar-refractivity contribution in [2.24, 2.45) is 11.1 Å².